The average Bonchev–Trinajstić information content (AvgIpc) is 2.70. The summed E-state index contributed by atoms with van der Waals surface area (Å²) in [6, 6.07) is 14.0. The van der Waals surface area contributed by atoms with E-state index in [1.54, 1.807) is 12.1 Å². The van der Waals surface area contributed by atoms with E-state index in [4.69, 9.17) is 16.3 Å². The van der Waals surface area contributed by atoms with E-state index in [-0.39, 0.29) is 12.0 Å². The summed E-state index contributed by atoms with van der Waals surface area (Å²) in [4.78, 5) is 16.7. The molecule has 0 radical (unpaired) electrons. The zero-order valence-electron chi connectivity index (χ0n) is 18.2. The SMILES string of the molecule is Cc1cccc(CN2CCC(Oc3ccc(C(=O)NCCN(C)C)cc3Cl)CC2)c1. The smallest absolute Gasteiger partial charge is 0.251 e. The van der Waals surface area contributed by atoms with Crippen molar-refractivity contribution in [1.29, 1.82) is 0 Å². The molecule has 0 atom stereocenters. The standard InChI is InChI=1S/C24H32ClN3O2/c1-18-5-4-6-19(15-18)17-28-12-9-21(10-13-28)30-23-8-7-20(16-22(23)25)24(29)26-11-14-27(2)3/h4-8,15-16,21H,9-14,17H2,1-3H3,(H,26,29). The predicted molar refractivity (Wildman–Crippen MR) is 122 cm³/mol. The van der Waals surface area contributed by atoms with Gasteiger partial charge in [-0.1, -0.05) is 41.4 Å². The number of nitrogens with one attached hydrogen (secondary N) is 1. The Balaban J connectivity index is 1.48. The second kappa shape index (κ2) is 10.8. The van der Waals surface area contributed by atoms with Crippen molar-refractivity contribution >= 4 is 17.5 Å². The summed E-state index contributed by atoms with van der Waals surface area (Å²) in [6.45, 7) is 6.51. The monoisotopic (exact) mass is 429 g/mol. The lowest BCUT2D eigenvalue weighted by molar-refractivity contribution is 0.0948. The van der Waals surface area contributed by atoms with E-state index in [2.05, 4.69) is 41.4 Å². The zero-order chi connectivity index (χ0) is 21.5. The number of likely N-dealkylation sites (N-methyl/N-ethyl adjacent to an activating group) is 1. The van der Waals surface area contributed by atoms with Gasteiger partial charge in [-0.3, -0.25) is 9.69 Å². The van der Waals surface area contributed by atoms with Gasteiger partial charge in [0.05, 0.1) is 5.02 Å². The van der Waals surface area contributed by atoms with Crippen LogP contribution in [0.4, 0.5) is 0 Å². The summed E-state index contributed by atoms with van der Waals surface area (Å²) in [5, 5.41) is 3.38. The largest absolute Gasteiger partial charge is 0.489 e. The van der Waals surface area contributed by atoms with Gasteiger partial charge in [0.15, 0.2) is 0 Å². The van der Waals surface area contributed by atoms with Gasteiger partial charge in [0.25, 0.3) is 5.91 Å². The molecule has 1 aliphatic heterocycles. The Morgan fingerprint density at radius 3 is 2.63 bits per heavy atom. The van der Waals surface area contributed by atoms with Crippen molar-refractivity contribution in [3.05, 3.63) is 64.2 Å². The normalized spacial score (nSPS) is 15.4. The molecule has 1 saturated heterocycles. The van der Waals surface area contributed by atoms with E-state index in [9.17, 15) is 4.79 Å². The van der Waals surface area contributed by atoms with E-state index in [0.717, 1.165) is 39.0 Å². The van der Waals surface area contributed by atoms with Gasteiger partial charge < -0.3 is 15.0 Å². The van der Waals surface area contributed by atoms with Crippen LogP contribution < -0.4 is 10.1 Å². The zero-order valence-corrected chi connectivity index (χ0v) is 18.9. The van der Waals surface area contributed by atoms with E-state index in [1.165, 1.54) is 11.1 Å². The molecule has 0 aliphatic carbocycles. The Bertz CT molecular complexity index is 848. The molecule has 1 N–H and O–H groups in total. The second-order valence-electron chi connectivity index (χ2n) is 8.29. The van der Waals surface area contributed by atoms with Crippen molar-refractivity contribution in [1.82, 2.24) is 15.1 Å². The van der Waals surface area contributed by atoms with Gasteiger partial charge in [0, 0.05) is 38.3 Å². The fourth-order valence-electron chi connectivity index (χ4n) is 3.67. The minimum absolute atomic E-state index is 0.116. The number of nitrogens with zero attached hydrogens (tertiary/aromatic N) is 2. The van der Waals surface area contributed by atoms with Crippen molar-refractivity contribution < 1.29 is 9.53 Å². The van der Waals surface area contributed by atoms with E-state index >= 15 is 0 Å². The quantitative estimate of drug-likeness (QED) is 0.689. The van der Waals surface area contributed by atoms with Crippen LogP contribution in [0.2, 0.25) is 5.02 Å². The van der Waals surface area contributed by atoms with Crippen LogP contribution in [-0.2, 0) is 6.54 Å². The Morgan fingerprint density at radius 2 is 1.97 bits per heavy atom. The van der Waals surface area contributed by atoms with Gasteiger partial charge >= 0.3 is 0 Å². The third-order valence-electron chi connectivity index (χ3n) is 5.36. The topological polar surface area (TPSA) is 44.8 Å². The molecule has 1 heterocycles. The number of ether oxygens (including phenoxy) is 1. The Labute approximate surface area is 185 Å². The molecule has 6 heteroatoms. The summed E-state index contributed by atoms with van der Waals surface area (Å²) in [6.07, 6.45) is 2.08. The van der Waals surface area contributed by atoms with Gasteiger partial charge in [0.1, 0.15) is 11.9 Å². The first-order valence-corrected chi connectivity index (χ1v) is 11.0. The van der Waals surface area contributed by atoms with Crippen LogP contribution >= 0.6 is 11.6 Å². The van der Waals surface area contributed by atoms with Crippen LogP contribution in [0.1, 0.15) is 34.3 Å². The number of hydrogen-bond acceptors (Lipinski definition) is 4. The summed E-state index contributed by atoms with van der Waals surface area (Å²) in [7, 11) is 3.95. The molecule has 0 saturated carbocycles. The maximum atomic E-state index is 12.3. The molecule has 0 bridgehead atoms. The van der Waals surface area contributed by atoms with Crippen molar-refractivity contribution in [2.45, 2.75) is 32.4 Å². The van der Waals surface area contributed by atoms with E-state index in [0.29, 0.717) is 22.9 Å². The first-order chi connectivity index (χ1) is 14.4. The minimum atomic E-state index is -0.116. The van der Waals surface area contributed by atoms with Gasteiger partial charge in [0.2, 0.25) is 0 Å². The third-order valence-corrected chi connectivity index (χ3v) is 5.65. The number of carbonyl (C=O) groups is 1. The number of aryl methyl sites for hydroxylation is 1. The highest BCUT2D eigenvalue weighted by atomic mass is 35.5. The van der Waals surface area contributed by atoms with Crippen molar-refractivity contribution in [2.24, 2.45) is 0 Å². The van der Waals surface area contributed by atoms with Crippen molar-refractivity contribution in [3.63, 3.8) is 0 Å². The average molecular weight is 430 g/mol. The molecule has 0 aromatic heterocycles. The van der Waals surface area contributed by atoms with Gasteiger partial charge in [-0.15, -0.1) is 0 Å². The van der Waals surface area contributed by atoms with Crippen molar-refractivity contribution in [3.8, 4) is 5.75 Å². The molecule has 1 amide bonds. The Morgan fingerprint density at radius 1 is 1.20 bits per heavy atom. The number of hydrogen-bond donors (Lipinski definition) is 1. The predicted octanol–water partition coefficient (Wildman–Crippen LogP) is 3.98. The second-order valence-corrected chi connectivity index (χ2v) is 8.69. The van der Waals surface area contributed by atoms with E-state index in [1.807, 2.05) is 25.1 Å². The molecule has 3 rings (SSSR count). The fourth-order valence-corrected chi connectivity index (χ4v) is 3.89. The summed E-state index contributed by atoms with van der Waals surface area (Å²) in [5.41, 5.74) is 3.21. The Hall–Kier alpha value is -2.08. The fraction of sp³-hybridized carbons (Fsp3) is 0.458. The highest BCUT2D eigenvalue weighted by molar-refractivity contribution is 6.32. The molecule has 2 aromatic carbocycles. The first-order valence-electron chi connectivity index (χ1n) is 10.6. The third kappa shape index (κ3) is 6.73. The highest BCUT2D eigenvalue weighted by Gasteiger charge is 2.21. The van der Waals surface area contributed by atoms with Gasteiger partial charge in [-0.25, -0.2) is 0 Å². The number of piperidine rings is 1. The number of rotatable bonds is 8. The minimum Gasteiger partial charge on any atom is -0.489 e. The number of benzene rings is 2. The molecule has 5 nitrogen and oxygen atoms in total. The molecular formula is C24H32ClN3O2. The molecule has 162 valence electrons. The lowest BCUT2D eigenvalue weighted by atomic mass is 10.1. The lowest BCUT2D eigenvalue weighted by Gasteiger charge is -2.32. The van der Waals surface area contributed by atoms with Crippen LogP contribution in [-0.4, -0.2) is 62.1 Å². The highest BCUT2D eigenvalue weighted by Crippen LogP contribution is 2.28. The van der Waals surface area contributed by atoms with Gasteiger partial charge in [-0.2, -0.15) is 0 Å². The summed E-state index contributed by atoms with van der Waals surface area (Å²) in [5.74, 6) is 0.536. The number of amides is 1. The summed E-state index contributed by atoms with van der Waals surface area (Å²) >= 11 is 6.40. The maximum absolute atomic E-state index is 12.3. The van der Waals surface area contributed by atoms with Gasteiger partial charge in [-0.05, 0) is 57.6 Å². The number of likely N-dealkylation sites (tertiary alicyclic amines) is 1. The molecule has 0 spiro atoms. The molecular weight excluding hydrogens is 398 g/mol. The van der Waals surface area contributed by atoms with Crippen LogP contribution in [0.5, 0.6) is 5.75 Å². The summed E-state index contributed by atoms with van der Waals surface area (Å²) < 4.78 is 6.15. The van der Waals surface area contributed by atoms with E-state index < -0.39 is 0 Å². The van der Waals surface area contributed by atoms with Crippen LogP contribution in [0.25, 0.3) is 0 Å². The number of carbonyl (C=O) groups excluding carboxylic acids is 1. The maximum Gasteiger partial charge on any atom is 0.251 e. The van der Waals surface area contributed by atoms with Crippen LogP contribution in [0.3, 0.4) is 0 Å². The van der Waals surface area contributed by atoms with Crippen LogP contribution in [0, 0.1) is 6.92 Å². The molecule has 30 heavy (non-hydrogen) atoms. The van der Waals surface area contributed by atoms with Crippen LogP contribution in [0.15, 0.2) is 42.5 Å². The molecule has 1 aliphatic rings. The lowest BCUT2D eigenvalue weighted by Crippen LogP contribution is -2.37. The Kier molecular flexibility index (Phi) is 8.14. The molecule has 1 fully saturated rings. The molecule has 2 aromatic rings. The first kappa shape index (κ1) is 22.6. The van der Waals surface area contributed by atoms with Crippen molar-refractivity contribution in [2.75, 3.05) is 40.3 Å². The molecule has 0 unspecified atom stereocenters. The number of halogens is 1.